The van der Waals surface area contributed by atoms with Gasteiger partial charge in [0.05, 0.1) is 19.8 Å². The number of hydrogen-bond donors (Lipinski definition) is 4. The smallest absolute Gasteiger partial charge is 0.223 e. The summed E-state index contributed by atoms with van der Waals surface area (Å²) in [5.74, 6) is 1.93. The molecule has 1 aromatic rings. The molecule has 0 saturated heterocycles. The highest BCUT2D eigenvalue weighted by atomic mass is 16.5. The second kappa shape index (κ2) is 17.1. The molecule has 4 atom stereocenters. The van der Waals surface area contributed by atoms with Crippen LogP contribution in [0.15, 0.2) is 18.2 Å². The van der Waals surface area contributed by atoms with E-state index >= 15 is 0 Å². The lowest BCUT2D eigenvalue weighted by Gasteiger charge is -2.32. The molecule has 1 saturated carbocycles. The van der Waals surface area contributed by atoms with Gasteiger partial charge in [-0.05, 0) is 80.4 Å². The Morgan fingerprint density at radius 2 is 1.72 bits per heavy atom. The van der Waals surface area contributed by atoms with Crippen LogP contribution in [0, 0.1) is 23.7 Å². The average molecular weight is 550 g/mol. The highest BCUT2D eigenvalue weighted by Crippen LogP contribution is 2.32. The van der Waals surface area contributed by atoms with Gasteiger partial charge in [0.15, 0.2) is 11.5 Å². The number of benzene rings is 1. The predicted octanol–water partition coefficient (Wildman–Crippen LogP) is 4.05. The molecular formula is C31H55N3O5. The number of amides is 1. The zero-order valence-corrected chi connectivity index (χ0v) is 25.2. The average Bonchev–Trinajstić information content (AvgIpc) is 2.90. The zero-order valence-electron chi connectivity index (χ0n) is 25.2. The van der Waals surface area contributed by atoms with E-state index in [0.29, 0.717) is 37.7 Å². The first-order valence-corrected chi connectivity index (χ1v) is 14.8. The molecule has 0 aliphatic heterocycles. The number of ether oxygens (including phenoxy) is 3. The van der Waals surface area contributed by atoms with Crippen molar-refractivity contribution in [2.45, 2.75) is 103 Å². The van der Waals surface area contributed by atoms with Crippen molar-refractivity contribution in [3.63, 3.8) is 0 Å². The summed E-state index contributed by atoms with van der Waals surface area (Å²) in [6.45, 7) is 9.65. The lowest BCUT2D eigenvalue weighted by Crippen LogP contribution is -2.46. The van der Waals surface area contributed by atoms with Crippen molar-refractivity contribution in [1.82, 2.24) is 5.32 Å². The Morgan fingerprint density at radius 3 is 2.31 bits per heavy atom. The number of methoxy groups -OCH3 is 2. The molecule has 0 bridgehead atoms. The lowest BCUT2D eigenvalue weighted by atomic mass is 9.80. The minimum Gasteiger partial charge on any atom is -0.493 e. The van der Waals surface area contributed by atoms with Crippen molar-refractivity contribution in [2.75, 3.05) is 27.4 Å². The first-order valence-electron chi connectivity index (χ1n) is 14.8. The quantitative estimate of drug-likeness (QED) is 0.216. The molecule has 1 aliphatic rings. The summed E-state index contributed by atoms with van der Waals surface area (Å²) < 4.78 is 16.6. The molecule has 1 fully saturated rings. The fourth-order valence-corrected chi connectivity index (χ4v) is 5.44. The lowest BCUT2D eigenvalue weighted by molar-refractivity contribution is -0.128. The number of hydrogen-bond acceptors (Lipinski definition) is 7. The molecule has 8 nitrogen and oxygen atoms in total. The standard InChI is InChI=1S/C31H55N3O5/c1-20(2)23(16-22-8-13-29(38-6)30(17-22)39-15-7-14-37-5)18-27(33)28(35)19-26(21(3)4)31(36)34-25-11-9-24(32)10-12-25/h8,13,17,20-21,23-28,35H,7,9-12,14-16,18-19,32-33H2,1-6H3,(H,34,36)/t23-,24-,25+,26-,27-,28-/m0/s1. The Balaban J connectivity index is 1.99. The monoisotopic (exact) mass is 549 g/mol. The van der Waals surface area contributed by atoms with Crippen LogP contribution in [-0.4, -0.2) is 62.7 Å². The number of rotatable bonds is 17. The maximum atomic E-state index is 13.1. The Morgan fingerprint density at radius 1 is 1.03 bits per heavy atom. The zero-order chi connectivity index (χ0) is 28.9. The molecule has 6 N–H and O–H groups in total. The van der Waals surface area contributed by atoms with Crippen LogP contribution in [0.25, 0.3) is 0 Å². The van der Waals surface area contributed by atoms with Gasteiger partial charge in [0.1, 0.15) is 0 Å². The number of nitrogens with one attached hydrogen (secondary N) is 1. The first kappa shape index (κ1) is 33.3. The van der Waals surface area contributed by atoms with Gasteiger partial charge in [0, 0.05) is 44.2 Å². The van der Waals surface area contributed by atoms with Gasteiger partial charge in [-0.1, -0.05) is 33.8 Å². The van der Waals surface area contributed by atoms with E-state index in [1.165, 1.54) is 0 Å². The topological polar surface area (TPSA) is 129 Å². The normalized spacial score (nSPS) is 20.9. The summed E-state index contributed by atoms with van der Waals surface area (Å²) in [7, 11) is 3.32. The van der Waals surface area contributed by atoms with Gasteiger partial charge >= 0.3 is 0 Å². The third-order valence-electron chi connectivity index (χ3n) is 8.24. The second-order valence-corrected chi connectivity index (χ2v) is 12.1. The summed E-state index contributed by atoms with van der Waals surface area (Å²) in [4.78, 5) is 13.1. The van der Waals surface area contributed by atoms with E-state index in [2.05, 4.69) is 25.2 Å². The Hall–Kier alpha value is -1.87. The summed E-state index contributed by atoms with van der Waals surface area (Å²) in [5, 5.41) is 14.3. The largest absolute Gasteiger partial charge is 0.493 e. The van der Waals surface area contributed by atoms with E-state index in [0.717, 1.165) is 49.8 Å². The fraction of sp³-hybridized carbons (Fsp3) is 0.774. The molecule has 1 aliphatic carbocycles. The number of nitrogens with two attached hydrogens (primary N) is 2. The van der Waals surface area contributed by atoms with Crippen molar-refractivity contribution in [3.8, 4) is 11.5 Å². The highest BCUT2D eigenvalue weighted by molar-refractivity contribution is 5.79. The van der Waals surface area contributed by atoms with Crippen molar-refractivity contribution in [3.05, 3.63) is 23.8 Å². The van der Waals surface area contributed by atoms with Gasteiger partial charge in [-0.15, -0.1) is 0 Å². The van der Waals surface area contributed by atoms with Crippen molar-refractivity contribution in [2.24, 2.45) is 35.1 Å². The maximum Gasteiger partial charge on any atom is 0.223 e. The van der Waals surface area contributed by atoms with E-state index < -0.39 is 12.1 Å². The number of carbonyl (C=O) groups is 1. The van der Waals surface area contributed by atoms with E-state index in [-0.39, 0.29) is 35.7 Å². The van der Waals surface area contributed by atoms with E-state index in [1.807, 2.05) is 26.0 Å². The maximum absolute atomic E-state index is 13.1. The minimum atomic E-state index is -0.750. The third kappa shape index (κ3) is 11.3. The van der Waals surface area contributed by atoms with Gasteiger partial charge < -0.3 is 36.1 Å². The molecule has 2 rings (SSSR count). The second-order valence-electron chi connectivity index (χ2n) is 12.1. The number of carbonyl (C=O) groups excluding carboxylic acids is 1. The van der Waals surface area contributed by atoms with Gasteiger partial charge in [0.2, 0.25) is 5.91 Å². The number of aliphatic hydroxyl groups excluding tert-OH is 1. The summed E-state index contributed by atoms with van der Waals surface area (Å²) in [6, 6.07) is 6.05. The van der Waals surface area contributed by atoms with E-state index in [1.54, 1.807) is 14.2 Å². The molecule has 1 amide bonds. The SMILES string of the molecule is COCCCOc1cc(C[C@@H](C[C@H](N)[C@@H](O)C[C@H](C(=O)N[C@H]2CC[C@@H](N)CC2)C(C)C)C(C)C)ccc1OC. The molecule has 0 radical (unpaired) electrons. The molecule has 224 valence electrons. The van der Waals surface area contributed by atoms with Crippen LogP contribution >= 0.6 is 0 Å². The predicted molar refractivity (Wildman–Crippen MR) is 157 cm³/mol. The van der Waals surface area contributed by atoms with Crippen LogP contribution in [-0.2, 0) is 16.0 Å². The van der Waals surface area contributed by atoms with Crippen LogP contribution in [0.2, 0.25) is 0 Å². The van der Waals surface area contributed by atoms with E-state index in [9.17, 15) is 9.90 Å². The molecule has 0 spiro atoms. The molecule has 0 aromatic heterocycles. The molecule has 1 aromatic carbocycles. The Labute approximate surface area is 236 Å². The van der Waals surface area contributed by atoms with Gasteiger partial charge in [-0.2, -0.15) is 0 Å². The van der Waals surface area contributed by atoms with Crippen LogP contribution < -0.4 is 26.3 Å². The van der Waals surface area contributed by atoms with Crippen molar-refractivity contribution < 1.29 is 24.1 Å². The Bertz CT molecular complexity index is 842. The van der Waals surface area contributed by atoms with Crippen LogP contribution in [0.3, 0.4) is 0 Å². The third-order valence-corrected chi connectivity index (χ3v) is 8.24. The van der Waals surface area contributed by atoms with Crippen LogP contribution in [0.1, 0.15) is 78.2 Å². The van der Waals surface area contributed by atoms with Gasteiger partial charge in [0.25, 0.3) is 0 Å². The van der Waals surface area contributed by atoms with Gasteiger partial charge in [-0.25, -0.2) is 0 Å². The van der Waals surface area contributed by atoms with Crippen LogP contribution in [0.4, 0.5) is 0 Å². The summed E-state index contributed by atoms with van der Waals surface area (Å²) in [6.07, 6.45) is 5.62. The van der Waals surface area contributed by atoms with Crippen LogP contribution in [0.5, 0.6) is 11.5 Å². The molecule has 39 heavy (non-hydrogen) atoms. The first-order chi connectivity index (χ1) is 18.5. The number of aliphatic hydroxyl groups is 1. The summed E-state index contributed by atoms with van der Waals surface area (Å²) >= 11 is 0. The highest BCUT2D eigenvalue weighted by Gasteiger charge is 2.31. The Kier molecular flexibility index (Phi) is 14.6. The van der Waals surface area contributed by atoms with E-state index in [4.69, 9.17) is 25.7 Å². The van der Waals surface area contributed by atoms with Crippen molar-refractivity contribution >= 4 is 5.91 Å². The molecule has 8 heteroatoms. The molecule has 0 heterocycles. The fourth-order valence-electron chi connectivity index (χ4n) is 5.44. The molecular weight excluding hydrogens is 494 g/mol. The van der Waals surface area contributed by atoms with Crippen molar-refractivity contribution in [1.29, 1.82) is 0 Å². The minimum absolute atomic E-state index is 0.0217. The van der Waals surface area contributed by atoms with Gasteiger partial charge in [-0.3, -0.25) is 4.79 Å². The summed E-state index contributed by atoms with van der Waals surface area (Å²) in [5.41, 5.74) is 13.7. The molecule has 0 unspecified atom stereocenters.